The second kappa shape index (κ2) is 7.31. The van der Waals surface area contributed by atoms with E-state index in [1.807, 2.05) is 0 Å². The summed E-state index contributed by atoms with van der Waals surface area (Å²) in [6.07, 6.45) is -2.10. The maximum absolute atomic E-state index is 12.6. The van der Waals surface area contributed by atoms with Gasteiger partial charge in [0.2, 0.25) is 5.91 Å². The summed E-state index contributed by atoms with van der Waals surface area (Å²) in [5.74, 6) is -1.15. The first kappa shape index (κ1) is 17.7. The molecule has 4 nitrogen and oxygen atoms in total. The molecule has 0 radical (unpaired) electrons. The summed E-state index contributed by atoms with van der Waals surface area (Å²) in [7, 11) is 1.22. The molecule has 1 aromatic carbocycles. The smallest absolute Gasteiger partial charge is 0.416 e. The highest BCUT2D eigenvalue weighted by molar-refractivity contribution is 7.12. The number of carbonyl (C=O) groups is 2. The van der Waals surface area contributed by atoms with Gasteiger partial charge in [-0.2, -0.15) is 13.2 Å². The number of carbonyl (C=O) groups excluding carboxylic acids is 2. The zero-order chi connectivity index (χ0) is 17.7. The number of nitrogens with one attached hydrogen (secondary N) is 1. The number of benzene rings is 1. The van der Waals surface area contributed by atoms with Crippen LogP contribution in [0.2, 0.25) is 0 Å². The van der Waals surface area contributed by atoms with Gasteiger partial charge < -0.3 is 10.1 Å². The molecule has 1 aromatic heterocycles. The molecule has 0 aliphatic rings. The molecule has 1 N–H and O–H groups in total. The number of esters is 1. The topological polar surface area (TPSA) is 55.4 Å². The van der Waals surface area contributed by atoms with Crippen LogP contribution in [0.5, 0.6) is 0 Å². The van der Waals surface area contributed by atoms with Crippen LogP contribution in [0.1, 0.15) is 20.8 Å². The van der Waals surface area contributed by atoms with Crippen LogP contribution in [0.25, 0.3) is 6.08 Å². The number of anilines is 1. The van der Waals surface area contributed by atoms with Crippen molar-refractivity contribution in [3.05, 3.63) is 57.8 Å². The highest BCUT2D eigenvalue weighted by Gasteiger charge is 2.30. The number of methoxy groups -OCH3 is 1. The summed E-state index contributed by atoms with van der Waals surface area (Å²) >= 11 is 1.11. The number of hydrogen-bond acceptors (Lipinski definition) is 4. The fraction of sp³-hybridized carbons (Fsp3) is 0.125. The number of hydrogen-bond donors (Lipinski definition) is 1. The molecule has 0 saturated carbocycles. The summed E-state index contributed by atoms with van der Waals surface area (Å²) in [5.41, 5.74) is -0.278. The standard InChI is InChI=1S/C16H12F3NO3S/c1-23-15(22)14-12(7-8-24-14)20-13(21)6-5-10-3-2-4-11(9-10)16(17,18)19/h2-9H,1H3,(H,20,21)/b6-5+. The molecule has 0 spiro atoms. The molecular weight excluding hydrogens is 343 g/mol. The van der Waals surface area contributed by atoms with Crippen LogP contribution in [0.15, 0.2) is 41.8 Å². The lowest BCUT2D eigenvalue weighted by Crippen LogP contribution is -2.10. The van der Waals surface area contributed by atoms with Gasteiger partial charge in [0.15, 0.2) is 0 Å². The second-order valence-electron chi connectivity index (χ2n) is 4.60. The van der Waals surface area contributed by atoms with E-state index < -0.39 is 23.6 Å². The van der Waals surface area contributed by atoms with Crippen molar-refractivity contribution >= 4 is 35.0 Å². The molecule has 0 bridgehead atoms. The Balaban J connectivity index is 2.09. The number of alkyl halides is 3. The van der Waals surface area contributed by atoms with Crippen molar-refractivity contribution in [2.45, 2.75) is 6.18 Å². The second-order valence-corrected chi connectivity index (χ2v) is 5.52. The molecule has 0 unspecified atom stereocenters. The molecule has 0 aliphatic heterocycles. The normalized spacial score (nSPS) is 11.5. The predicted molar refractivity (Wildman–Crippen MR) is 84.8 cm³/mol. The van der Waals surface area contributed by atoms with Crippen LogP contribution < -0.4 is 5.32 Å². The van der Waals surface area contributed by atoms with E-state index in [4.69, 9.17) is 0 Å². The van der Waals surface area contributed by atoms with E-state index in [1.54, 1.807) is 5.38 Å². The average molecular weight is 355 g/mol. The first-order valence-corrected chi connectivity index (χ1v) is 7.51. The fourth-order valence-electron chi connectivity index (χ4n) is 1.82. The summed E-state index contributed by atoms with van der Waals surface area (Å²) in [4.78, 5) is 23.6. The van der Waals surface area contributed by atoms with Crippen molar-refractivity contribution in [2.75, 3.05) is 12.4 Å². The lowest BCUT2D eigenvalue weighted by atomic mass is 10.1. The molecule has 0 fully saturated rings. The zero-order valence-electron chi connectivity index (χ0n) is 12.4. The van der Waals surface area contributed by atoms with Crippen LogP contribution >= 0.6 is 11.3 Å². The average Bonchev–Trinajstić information content (AvgIpc) is 2.99. The van der Waals surface area contributed by atoms with E-state index in [1.165, 1.54) is 31.4 Å². The molecule has 0 atom stereocenters. The number of halogens is 3. The summed E-state index contributed by atoms with van der Waals surface area (Å²) < 4.78 is 42.5. The highest BCUT2D eigenvalue weighted by atomic mass is 32.1. The van der Waals surface area contributed by atoms with Crippen LogP contribution in [-0.2, 0) is 15.7 Å². The number of thiophene rings is 1. The Morgan fingerprint density at radius 3 is 2.67 bits per heavy atom. The van der Waals surface area contributed by atoms with Gasteiger partial charge in [-0.1, -0.05) is 12.1 Å². The minimum atomic E-state index is -4.45. The minimum Gasteiger partial charge on any atom is -0.465 e. The van der Waals surface area contributed by atoms with E-state index >= 15 is 0 Å². The van der Waals surface area contributed by atoms with E-state index in [2.05, 4.69) is 10.1 Å². The van der Waals surface area contributed by atoms with Crippen molar-refractivity contribution in [3.8, 4) is 0 Å². The van der Waals surface area contributed by atoms with Crippen molar-refractivity contribution in [1.29, 1.82) is 0 Å². The Labute approximate surface area is 139 Å². The van der Waals surface area contributed by atoms with Crippen LogP contribution in [0.4, 0.5) is 18.9 Å². The van der Waals surface area contributed by atoms with Gasteiger partial charge >= 0.3 is 12.1 Å². The molecule has 1 amide bonds. The van der Waals surface area contributed by atoms with Crippen LogP contribution in [0, 0.1) is 0 Å². The Kier molecular flexibility index (Phi) is 5.40. The molecule has 2 rings (SSSR count). The minimum absolute atomic E-state index is 0.235. The first-order valence-electron chi connectivity index (χ1n) is 6.63. The number of ether oxygens (including phenoxy) is 1. The Morgan fingerprint density at radius 1 is 1.25 bits per heavy atom. The number of rotatable bonds is 4. The van der Waals surface area contributed by atoms with Gasteiger partial charge in [-0.15, -0.1) is 11.3 Å². The molecule has 2 aromatic rings. The molecule has 24 heavy (non-hydrogen) atoms. The molecule has 1 heterocycles. The summed E-state index contributed by atoms with van der Waals surface area (Å²) in [6, 6.07) is 6.13. The predicted octanol–water partition coefficient (Wildman–Crippen LogP) is 4.21. The summed E-state index contributed by atoms with van der Waals surface area (Å²) in [6.45, 7) is 0. The van der Waals surface area contributed by atoms with Crippen molar-refractivity contribution in [1.82, 2.24) is 0 Å². The summed E-state index contributed by atoms with van der Waals surface area (Å²) in [5, 5.41) is 4.09. The molecule has 0 saturated heterocycles. The number of amides is 1. The highest BCUT2D eigenvalue weighted by Crippen LogP contribution is 2.29. The van der Waals surface area contributed by atoms with E-state index in [9.17, 15) is 22.8 Å². The lowest BCUT2D eigenvalue weighted by molar-refractivity contribution is -0.137. The van der Waals surface area contributed by atoms with Crippen molar-refractivity contribution in [3.63, 3.8) is 0 Å². The largest absolute Gasteiger partial charge is 0.465 e. The van der Waals surface area contributed by atoms with Gasteiger partial charge in [0.25, 0.3) is 0 Å². The fourth-order valence-corrected chi connectivity index (χ4v) is 2.59. The van der Waals surface area contributed by atoms with Gasteiger partial charge in [-0.05, 0) is 35.2 Å². The maximum atomic E-state index is 12.6. The van der Waals surface area contributed by atoms with Crippen molar-refractivity contribution < 1.29 is 27.5 Å². The third-order valence-corrected chi connectivity index (χ3v) is 3.83. The van der Waals surface area contributed by atoms with E-state index in [-0.39, 0.29) is 16.1 Å². The zero-order valence-corrected chi connectivity index (χ0v) is 13.2. The SMILES string of the molecule is COC(=O)c1sccc1NC(=O)/C=C/c1cccc(C(F)(F)F)c1. The van der Waals surface area contributed by atoms with Crippen molar-refractivity contribution in [2.24, 2.45) is 0 Å². The van der Waals surface area contributed by atoms with Gasteiger partial charge in [-0.25, -0.2) is 4.79 Å². The van der Waals surface area contributed by atoms with Crippen LogP contribution in [-0.4, -0.2) is 19.0 Å². The Morgan fingerprint density at radius 2 is 2.00 bits per heavy atom. The third kappa shape index (κ3) is 4.45. The van der Waals surface area contributed by atoms with E-state index in [0.29, 0.717) is 0 Å². The lowest BCUT2D eigenvalue weighted by Gasteiger charge is -2.06. The molecule has 126 valence electrons. The van der Waals surface area contributed by atoms with Gasteiger partial charge in [0.1, 0.15) is 4.88 Å². The maximum Gasteiger partial charge on any atom is 0.416 e. The van der Waals surface area contributed by atoms with E-state index in [0.717, 1.165) is 29.5 Å². The third-order valence-electron chi connectivity index (χ3n) is 2.93. The first-order chi connectivity index (χ1) is 11.3. The quantitative estimate of drug-likeness (QED) is 0.660. The molecule has 0 aliphatic carbocycles. The Hall–Kier alpha value is -2.61. The molecule has 8 heteroatoms. The van der Waals surface area contributed by atoms with Gasteiger partial charge in [-0.3, -0.25) is 4.79 Å². The van der Waals surface area contributed by atoms with Gasteiger partial charge in [0.05, 0.1) is 18.4 Å². The monoisotopic (exact) mass is 355 g/mol. The van der Waals surface area contributed by atoms with Crippen LogP contribution in [0.3, 0.4) is 0 Å². The Bertz CT molecular complexity index is 781. The van der Waals surface area contributed by atoms with Gasteiger partial charge in [0, 0.05) is 6.08 Å². The molecular formula is C16H12F3NO3S.